The number of para-hydroxylation sites is 1. The number of nitrogens with two attached hydrogens (primary N) is 1. The molecule has 0 aliphatic rings. The van der Waals surface area contributed by atoms with E-state index >= 15 is 0 Å². The molecule has 0 fully saturated rings. The molecule has 1 aromatic carbocycles. The van der Waals surface area contributed by atoms with Gasteiger partial charge in [0.25, 0.3) is 12.9 Å². The molecule has 1 heterocycles. The number of carbonyl (C=O) groups excluding carboxylic acids is 1. The van der Waals surface area contributed by atoms with Crippen LogP contribution in [0.1, 0.15) is 12.0 Å². The molecule has 1 amide bonds. The number of H-pyrrole nitrogens is 1. The van der Waals surface area contributed by atoms with Gasteiger partial charge in [0.1, 0.15) is 0 Å². The van der Waals surface area contributed by atoms with Crippen LogP contribution in [0.25, 0.3) is 17.1 Å². The van der Waals surface area contributed by atoms with E-state index in [2.05, 4.69) is 23.3 Å². The number of aromatic nitrogens is 1. The Morgan fingerprint density at radius 2 is 1.75 bits per heavy atom. The number of hydrogen-bond donors (Lipinski definition) is 4. The quantitative estimate of drug-likeness (QED) is 0.369. The van der Waals surface area contributed by atoms with Crippen molar-refractivity contribution in [1.82, 2.24) is 10.3 Å². The van der Waals surface area contributed by atoms with Crippen LogP contribution in [-0.4, -0.2) is 40.6 Å². The zero-order valence-corrected chi connectivity index (χ0v) is 15.9. The zero-order chi connectivity index (χ0) is 16.8. The first-order chi connectivity index (χ1) is 10.6. The first kappa shape index (κ1) is 26.7. The molecule has 0 saturated carbocycles. The van der Waals surface area contributed by atoms with E-state index in [0.29, 0.717) is 13.0 Å². The van der Waals surface area contributed by atoms with Crippen molar-refractivity contribution in [3.05, 3.63) is 49.1 Å². The monoisotopic (exact) mass is 507 g/mol. The van der Waals surface area contributed by atoms with E-state index in [1.165, 1.54) is 10.9 Å². The summed E-state index contributed by atoms with van der Waals surface area (Å²) in [6.45, 7) is 3.70. The molecular weight excluding hydrogens is 486 g/mol. The third-order valence-electron chi connectivity index (χ3n) is 2.62. The molecule has 0 aliphatic heterocycles. The summed E-state index contributed by atoms with van der Waals surface area (Å²) in [4.78, 5) is 31.0. The van der Waals surface area contributed by atoms with E-state index in [9.17, 15) is 4.79 Å². The summed E-state index contributed by atoms with van der Waals surface area (Å²) in [7, 11) is 0. The van der Waals surface area contributed by atoms with Crippen LogP contribution >= 0.6 is 0 Å². The van der Waals surface area contributed by atoms with E-state index in [4.69, 9.17) is 19.8 Å². The third-order valence-corrected chi connectivity index (χ3v) is 2.62. The minimum atomic E-state index is -0.250. The number of carboxylic acid groups (broad SMARTS) is 2. The average molecular weight is 507 g/mol. The van der Waals surface area contributed by atoms with Crippen molar-refractivity contribution in [2.75, 3.05) is 6.54 Å². The number of rotatable bonds is 4. The van der Waals surface area contributed by atoms with Crippen LogP contribution in [0.4, 0.5) is 0 Å². The molecule has 0 unspecified atom stereocenters. The Bertz CT molecular complexity index is 583. The van der Waals surface area contributed by atoms with Crippen LogP contribution in [0, 0.1) is 6.92 Å². The van der Waals surface area contributed by atoms with Crippen molar-refractivity contribution in [1.29, 1.82) is 0 Å². The number of fused-ring (bicyclic) bond motifs is 1. The molecule has 8 nitrogen and oxygen atoms in total. The van der Waals surface area contributed by atoms with Gasteiger partial charge in [-0.2, -0.15) is 0 Å². The first-order valence-electron chi connectivity index (χ1n) is 6.41. The number of amides is 1. The standard InChI is InChI=1S/C13H15N2O.2CH2O2.H2N.W/c1-2-13(16)14-8-7-10-9-15-12-6-4-3-5-11(10)12;2*2-1-3;;/h3-6,9,15H,1-2,7-8H2,(H,14,16);2*1H,(H,2,3);1H2;/q-1;;;-1;+2. The van der Waals surface area contributed by atoms with Gasteiger partial charge in [-0.1, -0.05) is 18.2 Å². The van der Waals surface area contributed by atoms with Crippen LogP contribution in [0.15, 0.2) is 30.5 Å². The van der Waals surface area contributed by atoms with E-state index in [-0.39, 0.29) is 46.1 Å². The topological polar surface area (TPSA) is 153 Å². The molecule has 24 heavy (non-hydrogen) atoms. The van der Waals surface area contributed by atoms with Crippen LogP contribution in [-0.2, 0) is 41.9 Å². The van der Waals surface area contributed by atoms with Crippen LogP contribution in [0.5, 0.6) is 0 Å². The molecule has 2 aromatic rings. The molecule has 0 atom stereocenters. The van der Waals surface area contributed by atoms with E-state index < -0.39 is 0 Å². The van der Waals surface area contributed by atoms with Crippen molar-refractivity contribution in [3.63, 3.8) is 0 Å². The summed E-state index contributed by atoms with van der Waals surface area (Å²) in [6, 6.07) is 8.17. The Morgan fingerprint density at radius 1 is 1.21 bits per heavy atom. The minimum absolute atomic E-state index is 0. The molecule has 0 radical (unpaired) electrons. The number of nitrogens with one attached hydrogen (secondary N) is 2. The summed E-state index contributed by atoms with van der Waals surface area (Å²) in [5, 5.41) is 17.8. The normalized spacial score (nSPS) is 8.04. The summed E-state index contributed by atoms with van der Waals surface area (Å²) in [5.74, 6) is -0.000147. The van der Waals surface area contributed by atoms with Gasteiger partial charge in [-0.3, -0.25) is 14.4 Å². The van der Waals surface area contributed by atoms with Gasteiger partial charge in [0, 0.05) is 23.6 Å². The number of aromatic amines is 1. The van der Waals surface area contributed by atoms with Gasteiger partial charge in [0.05, 0.1) is 0 Å². The minimum Gasteiger partial charge on any atom is -0.693 e. The maximum Gasteiger partial charge on any atom is 2.00 e. The average Bonchev–Trinajstić information content (AvgIpc) is 2.92. The first-order valence-corrected chi connectivity index (χ1v) is 6.41. The molecule has 9 heteroatoms. The van der Waals surface area contributed by atoms with E-state index in [1.807, 2.05) is 24.4 Å². The van der Waals surface area contributed by atoms with Crippen molar-refractivity contribution in [2.45, 2.75) is 12.8 Å². The van der Waals surface area contributed by atoms with Gasteiger partial charge < -0.3 is 33.6 Å². The van der Waals surface area contributed by atoms with Crippen molar-refractivity contribution in [3.8, 4) is 0 Å². The Morgan fingerprint density at radius 3 is 2.29 bits per heavy atom. The molecule has 1 aromatic heterocycles. The van der Waals surface area contributed by atoms with Crippen molar-refractivity contribution in [2.24, 2.45) is 0 Å². The second kappa shape index (κ2) is 17.2. The van der Waals surface area contributed by atoms with Gasteiger partial charge in [0.15, 0.2) is 5.91 Å². The predicted molar refractivity (Wildman–Crippen MR) is 87.7 cm³/mol. The summed E-state index contributed by atoms with van der Waals surface area (Å²) in [5.41, 5.74) is 2.38. The smallest absolute Gasteiger partial charge is 0.693 e. The Hall–Kier alpha value is -2.18. The molecule has 6 N–H and O–H groups in total. The largest absolute Gasteiger partial charge is 2.00 e. The molecule has 0 spiro atoms. The second-order valence-electron chi connectivity index (χ2n) is 3.92. The summed E-state index contributed by atoms with van der Waals surface area (Å²) >= 11 is 0. The molecule has 0 aliphatic carbocycles. The SMILES string of the molecule is O=CO.O=CO.[CH2-]CC(=O)NCCc1c[nH]c2ccccc12.[NH2-].[W+2]. The molecular formula is C15H21N3O5W. The third kappa shape index (κ3) is 10.5. The van der Waals surface area contributed by atoms with Crippen LogP contribution < -0.4 is 5.32 Å². The number of hydrogen-bond acceptors (Lipinski definition) is 3. The molecule has 0 saturated heterocycles. The van der Waals surface area contributed by atoms with Gasteiger partial charge in [-0.25, -0.2) is 0 Å². The van der Waals surface area contributed by atoms with Gasteiger partial charge in [-0.05, 0) is 18.1 Å². The fraction of sp³-hybridized carbons (Fsp3) is 0.200. The van der Waals surface area contributed by atoms with Crippen LogP contribution in [0.2, 0.25) is 0 Å². The van der Waals surface area contributed by atoms with Crippen molar-refractivity contribution >= 4 is 29.8 Å². The van der Waals surface area contributed by atoms with E-state index in [1.54, 1.807) is 0 Å². The summed E-state index contributed by atoms with van der Waals surface area (Å²) < 4.78 is 0. The molecule has 0 bridgehead atoms. The molecule has 132 valence electrons. The fourth-order valence-electron chi connectivity index (χ4n) is 1.76. The van der Waals surface area contributed by atoms with Gasteiger partial charge >= 0.3 is 21.1 Å². The van der Waals surface area contributed by atoms with Crippen LogP contribution in [0.3, 0.4) is 0 Å². The Labute approximate surface area is 154 Å². The zero-order valence-electron chi connectivity index (χ0n) is 13.0. The fourth-order valence-corrected chi connectivity index (χ4v) is 1.76. The second-order valence-corrected chi connectivity index (χ2v) is 3.92. The maximum atomic E-state index is 11.0. The number of benzene rings is 1. The Balaban J connectivity index is -0.000000486. The number of carbonyl (C=O) groups is 3. The summed E-state index contributed by atoms with van der Waals surface area (Å²) in [6.07, 6.45) is 3.14. The van der Waals surface area contributed by atoms with Crippen molar-refractivity contribution < 1.29 is 45.7 Å². The van der Waals surface area contributed by atoms with E-state index in [0.717, 1.165) is 11.9 Å². The van der Waals surface area contributed by atoms with Gasteiger partial charge in [0.2, 0.25) is 0 Å². The predicted octanol–water partition coefficient (Wildman–Crippen LogP) is 2.17. The van der Waals surface area contributed by atoms with Gasteiger partial charge in [-0.15, -0.1) is 6.42 Å². The molecule has 2 rings (SSSR count). The Kier molecular flexibility index (Phi) is 19.1. The maximum absolute atomic E-state index is 11.0.